The lowest BCUT2D eigenvalue weighted by atomic mass is 10.1. The van der Waals surface area contributed by atoms with Crippen molar-refractivity contribution in [3.63, 3.8) is 0 Å². The van der Waals surface area contributed by atoms with Gasteiger partial charge in [-0.25, -0.2) is 13.1 Å². The van der Waals surface area contributed by atoms with E-state index in [2.05, 4.69) is 16.9 Å². The Balaban J connectivity index is 1.93. The first-order valence-electron chi connectivity index (χ1n) is 6.89. The highest BCUT2D eigenvalue weighted by atomic mass is 35.5. The zero-order valence-electron chi connectivity index (χ0n) is 12.1. The maximum Gasteiger partial charge on any atom is 0.242 e. The molecule has 0 aliphatic heterocycles. The van der Waals surface area contributed by atoms with Crippen LogP contribution in [0.5, 0.6) is 0 Å². The second kappa shape index (κ2) is 7.47. The smallest absolute Gasteiger partial charge is 0.211 e. The van der Waals surface area contributed by atoms with E-state index in [0.29, 0.717) is 18.0 Å². The van der Waals surface area contributed by atoms with Crippen LogP contribution in [0.15, 0.2) is 47.4 Å². The Morgan fingerprint density at radius 3 is 2.41 bits per heavy atom. The van der Waals surface area contributed by atoms with Crippen LogP contribution in [0.4, 0.5) is 0 Å². The van der Waals surface area contributed by atoms with Crippen molar-refractivity contribution in [3.8, 4) is 0 Å². The van der Waals surface area contributed by atoms with Crippen LogP contribution >= 0.6 is 23.2 Å². The van der Waals surface area contributed by atoms with Gasteiger partial charge in [0, 0.05) is 11.6 Å². The van der Waals surface area contributed by atoms with Crippen LogP contribution in [0.2, 0.25) is 10.0 Å². The predicted molar refractivity (Wildman–Crippen MR) is 91.2 cm³/mol. The largest absolute Gasteiger partial charge is 0.242 e. The van der Waals surface area contributed by atoms with Crippen molar-refractivity contribution in [2.24, 2.45) is 0 Å². The zero-order valence-corrected chi connectivity index (χ0v) is 14.5. The molecule has 0 bridgehead atoms. The maximum atomic E-state index is 12.2. The Labute approximate surface area is 141 Å². The van der Waals surface area contributed by atoms with Crippen LogP contribution in [0.25, 0.3) is 0 Å². The number of nitrogens with one attached hydrogen (secondary N) is 1. The summed E-state index contributed by atoms with van der Waals surface area (Å²) in [6.07, 6.45) is 1.52. The molecule has 2 aromatic carbocycles. The van der Waals surface area contributed by atoms with Crippen LogP contribution in [0.1, 0.15) is 17.5 Å². The highest BCUT2D eigenvalue weighted by molar-refractivity contribution is 7.89. The lowest BCUT2D eigenvalue weighted by molar-refractivity contribution is 0.579. The van der Waals surface area contributed by atoms with E-state index >= 15 is 0 Å². The summed E-state index contributed by atoms with van der Waals surface area (Å²) in [4.78, 5) is 0.0111. The van der Waals surface area contributed by atoms with Crippen molar-refractivity contribution in [1.82, 2.24) is 4.72 Å². The van der Waals surface area contributed by atoms with Crippen LogP contribution in [0.3, 0.4) is 0 Å². The molecule has 118 valence electrons. The Bertz CT molecular complexity index is 743. The quantitative estimate of drug-likeness (QED) is 0.786. The summed E-state index contributed by atoms with van der Waals surface area (Å²) in [5.41, 5.74) is 2.39. The molecule has 0 aromatic heterocycles. The molecule has 0 saturated carbocycles. The van der Waals surface area contributed by atoms with Gasteiger partial charge in [-0.15, -0.1) is 0 Å². The third kappa shape index (κ3) is 4.71. The summed E-state index contributed by atoms with van der Waals surface area (Å²) in [6, 6.07) is 12.6. The fraction of sp³-hybridized carbons (Fsp3) is 0.250. The molecule has 1 N–H and O–H groups in total. The van der Waals surface area contributed by atoms with Crippen molar-refractivity contribution in [2.45, 2.75) is 24.7 Å². The fourth-order valence-electron chi connectivity index (χ4n) is 2.01. The molecule has 22 heavy (non-hydrogen) atoms. The Morgan fingerprint density at radius 1 is 1.05 bits per heavy atom. The SMILES string of the molecule is Cc1ccc(CCCNS(=O)(=O)c2cc(Cl)ccc2Cl)cc1. The second-order valence-corrected chi connectivity index (χ2v) is 7.64. The number of sulfonamides is 1. The van der Waals surface area contributed by atoms with Crippen molar-refractivity contribution in [1.29, 1.82) is 0 Å². The first-order chi connectivity index (χ1) is 10.4. The summed E-state index contributed by atoms with van der Waals surface area (Å²) in [5, 5.41) is 0.500. The van der Waals surface area contributed by atoms with E-state index in [1.54, 1.807) is 6.07 Å². The number of hydrogen-bond donors (Lipinski definition) is 1. The van der Waals surface area contributed by atoms with E-state index < -0.39 is 10.0 Å². The summed E-state index contributed by atoms with van der Waals surface area (Å²) in [6.45, 7) is 2.38. The summed E-state index contributed by atoms with van der Waals surface area (Å²) in [5.74, 6) is 0. The van der Waals surface area contributed by atoms with Gasteiger partial charge in [-0.2, -0.15) is 0 Å². The van der Waals surface area contributed by atoms with Crippen molar-refractivity contribution < 1.29 is 8.42 Å². The summed E-state index contributed by atoms with van der Waals surface area (Å²) >= 11 is 11.8. The molecular weight excluding hydrogens is 341 g/mol. The van der Waals surface area contributed by atoms with Crippen molar-refractivity contribution in [3.05, 3.63) is 63.6 Å². The van der Waals surface area contributed by atoms with Gasteiger partial charge in [0.15, 0.2) is 0 Å². The topological polar surface area (TPSA) is 46.2 Å². The first-order valence-corrected chi connectivity index (χ1v) is 9.13. The molecule has 0 amide bonds. The first kappa shape index (κ1) is 17.3. The molecule has 0 saturated heterocycles. The van der Waals surface area contributed by atoms with E-state index in [1.807, 2.05) is 19.1 Å². The van der Waals surface area contributed by atoms with Crippen molar-refractivity contribution in [2.75, 3.05) is 6.54 Å². The number of halogens is 2. The molecule has 0 fully saturated rings. The highest BCUT2D eigenvalue weighted by Crippen LogP contribution is 2.24. The van der Waals surface area contributed by atoms with Gasteiger partial charge in [0.1, 0.15) is 4.90 Å². The molecule has 2 aromatic rings. The van der Waals surface area contributed by atoms with E-state index in [-0.39, 0.29) is 9.92 Å². The highest BCUT2D eigenvalue weighted by Gasteiger charge is 2.17. The third-order valence-electron chi connectivity index (χ3n) is 3.24. The van der Waals surface area contributed by atoms with E-state index in [1.165, 1.54) is 23.3 Å². The Morgan fingerprint density at radius 2 is 1.73 bits per heavy atom. The minimum Gasteiger partial charge on any atom is -0.211 e. The van der Waals surface area contributed by atoms with Gasteiger partial charge in [0.05, 0.1) is 5.02 Å². The number of hydrogen-bond acceptors (Lipinski definition) is 2. The molecule has 2 rings (SSSR count). The predicted octanol–water partition coefficient (Wildman–Crippen LogP) is 4.21. The monoisotopic (exact) mass is 357 g/mol. The maximum absolute atomic E-state index is 12.2. The molecule has 0 atom stereocenters. The average molecular weight is 358 g/mol. The van der Waals surface area contributed by atoms with Gasteiger partial charge in [-0.05, 0) is 43.5 Å². The molecule has 0 spiro atoms. The van der Waals surface area contributed by atoms with Crippen molar-refractivity contribution >= 4 is 33.2 Å². The molecule has 0 radical (unpaired) electrons. The van der Waals surface area contributed by atoms with Crippen LogP contribution in [-0.4, -0.2) is 15.0 Å². The minimum absolute atomic E-state index is 0.0111. The molecule has 0 unspecified atom stereocenters. The molecule has 0 heterocycles. The Kier molecular flexibility index (Phi) is 5.87. The van der Waals surface area contributed by atoms with Gasteiger partial charge in [-0.1, -0.05) is 53.0 Å². The number of aryl methyl sites for hydroxylation is 2. The van der Waals surface area contributed by atoms with Gasteiger partial charge >= 0.3 is 0 Å². The molecule has 6 heteroatoms. The fourth-order valence-corrected chi connectivity index (χ4v) is 3.85. The second-order valence-electron chi connectivity index (χ2n) is 5.06. The van der Waals surface area contributed by atoms with Gasteiger partial charge < -0.3 is 0 Å². The zero-order chi connectivity index (χ0) is 16.2. The molecule has 0 aliphatic carbocycles. The summed E-state index contributed by atoms with van der Waals surface area (Å²) in [7, 11) is -3.64. The lowest BCUT2D eigenvalue weighted by Crippen LogP contribution is -2.25. The van der Waals surface area contributed by atoms with E-state index in [4.69, 9.17) is 23.2 Å². The van der Waals surface area contributed by atoms with Crippen LogP contribution in [0, 0.1) is 6.92 Å². The van der Waals surface area contributed by atoms with Crippen LogP contribution in [-0.2, 0) is 16.4 Å². The van der Waals surface area contributed by atoms with Gasteiger partial charge in [-0.3, -0.25) is 0 Å². The third-order valence-corrected chi connectivity index (χ3v) is 5.42. The normalized spacial score (nSPS) is 11.6. The van der Waals surface area contributed by atoms with Gasteiger partial charge in [0.25, 0.3) is 0 Å². The lowest BCUT2D eigenvalue weighted by Gasteiger charge is -2.09. The summed E-state index contributed by atoms with van der Waals surface area (Å²) < 4.78 is 27.0. The minimum atomic E-state index is -3.64. The van der Waals surface area contributed by atoms with E-state index in [0.717, 1.165) is 6.42 Å². The standard InChI is InChI=1S/C16H17Cl2NO2S/c1-12-4-6-13(7-5-12)3-2-10-19-22(20,21)16-11-14(17)8-9-15(16)18/h4-9,11,19H,2-3,10H2,1H3. The van der Waals surface area contributed by atoms with Gasteiger partial charge in [0.2, 0.25) is 10.0 Å². The number of rotatable bonds is 6. The molecular formula is C16H17Cl2NO2S. The van der Waals surface area contributed by atoms with Crippen LogP contribution < -0.4 is 4.72 Å². The molecule has 0 aliphatic rings. The molecule has 3 nitrogen and oxygen atoms in total. The number of benzene rings is 2. The van der Waals surface area contributed by atoms with E-state index in [9.17, 15) is 8.42 Å². The Hall–Kier alpha value is -1.07. The average Bonchev–Trinajstić information content (AvgIpc) is 2.48.